The number of ether oxygens (including phenoxy) is 2. The van der Waals surface area contributed by atoms with Crippen LogP contribution in [-0.2, 0) is 9.47 Å². The summed E-state index contributed by atoms with van der Waals surface area (Å²) in [5.74, 6) is 0. The van der Waals surface area contributed by atoms with Crippen LogP contribution in [0.5, 0.6) is 0 Å². The molecule has 3 rings (SSSR count). The van der Waals surface area contributed by atoms with E-state index in [-0.39, 0.29) is 5.60 Å². The number of rotatable bonds is 1. The average Bonchev–Trinajstić information content (AvgIpc) is 2.94. The van der Waals surface area contributed by atoms with Gasteiger partial charge in [0.25, 0.3) is 0 Å². The lowest BCUT2D eigenvalue weighted by atomic mass is 9.82. The molecule has 0 spiro atoms. The second kappa shape index (κ2) is 2.96. The number of fused-ring (bicyclic) bond motifs is 1. The first-order chi connectivity index (χ1) is 6.42. The Hall–Kier alpha value is -0.0800. The van der Waals surface area contributed by atoms with E-state index in [9.17, 15) is 0 Å². The highest BCUT2D eigenvalue weighted by molar-refractivity contribution is 5.10. The van der Waals surface area contributed by atoms with Gasteiger partial charge < -0.3 is 9.47 Å². The summed E-state index contributed by atoms with van der Waals surface area (Å²) >= 11 is 0. The maximum atomic E-state index is 5.88. The summed E-state index contributed by atoms with van der Waals surface area (Å²) in [5.41, 5.74) is 0.193. The minimum atomic E-state index is 0.193. The Bertz CT molecular complexity index is 198. The van der Waals surface area contributed by atoms with Crippen molar-refractivity contribution in [3.63, 3.8) is 0 Å². The monoisotopic (exact) mass is 182 g/mol. The first-order valence-corrected chi connectivity index (χ1v) is 5.71. The molecule has 0 aromatic heterocycles. The van der Waals surface area contributed by atoms with E-state index < -0.39 is 0 Å². The minimum Gasteiger partial charge on any atom is -0.375 e. The Morgan fingerprint density at radius 1 is 0.923 bits per heavy atom. The summed E-state index contributed by atoms with van der Waals surface area (Å²) in [5, 5.41) is 0. The highest BCUT2D eigenvalue weighted by atomic mass is 16.6. The van der Waals surface area contributed by atoms with Crippen LogP contribution >= 0.6 is 0 Å². The van der Waals surface area contributed by atoms with Crippen molar-refractivity contribution in [2.45, 2.75) is 62.8 Å². The second-order valence-electron chi connectivity index (χ2n) is 4.66. The predicted molar refractivity (Wildman–Crippen MR) is 49.7 cm³/mol. The lowest BCUT2D eigenvalue weighted by Gasteiger charge is -2.30. The zero-order valence-corrected chi connectivity index (χ0v) is 8.13. The highest BCUT2D eigenvalue weighted by Crippen LogP contribution is 2.52. The van der Waals surface area contributed by atoms with Gasteiger partial charge in [0.2, 0.25) is 0 Å². The summed E-state index contributed by atoms with van der Waals surface area (Å²) in [6, 6.07) is 0. The molecule has 1 aliphatic carbocycles. The van der Waals surface area contributed by atoms with Gasteiger partial charge in [-0.25, -0.2) is 0 Å². The molecule has 13 heavy (non-hydrogen) atoms. The molecule has 0 amide bonds. The van der Waals surface area contributed by atoms with Gasteiger partial charge in [-0.2, -0.15) is 0 Å². The molecule has 3 unspecified atom stereocenters. The van der Waals surface area contributed by atoms with Gasteiger partial charge in [0.15, 0.2) is 0 Å². The summed E-state index contributed by atoms with van der Waals surface area (Å²) in [7, 11) is 0. The Morgan fingerprint density at radius 3 is 2.54 bits per heavy atom. The van der Waals surface area contributed by atoms with Gasteiger partial charge in [0.05, 0.1) is 12.2 Å². The highest BCUT2D eigenvalue weighted by Gasteiger charge is 2.62. The molecule has 2 heteroatoms. The Balaban J connectivity index is 1.69. The molecule has 0 aromatic carbocycles. The largest absolute Gasteiger partial charge is 0.375 e. The Morgan fingerprint density at radius 2 is 1.77 bits per heavy atom. The van der Waals surface area contributed by atoms with Crippen molar-refractivity contribution in [1.29, 1.82) is 0 Å². The van der Waals surface area contributed by atoms with E-state index in [0.717, 1.165) is 6.61 Å². The van der Waals surface area contributed by atoms with E-state index in [1.165, 1.54) is 44.9 Å². The number of epoxide rings is 1. The van der Waals surface area contributed by atoms with E-state index in [1.807, 2.05) is 0 Å². The molecule has 3 atom stereocenters. The SMILES string of the molecule is C1CCC(C23CCCCC2O3)OC1. The van der Waals surface area contributed by atoms with Crippen molar-refractivity contribution in [2.75, 3.05) is 6.61 Å². The van der Waals surface area contributed by atoms with Crippen molar-refractivity contribution >= 4 is 0 Å². The molecule has 2 saturated heterocycles. The molecule has 1 saturated carbocycles. The molecule has 0 radical (unpaired) electrons. The number of hydrogen-bond donors (Lipinski definition) is 0. The fourth-order valence-electron chi connectivity index (χ4n) is 3.06. The van der Waals surface area contributed by atoms with Crippen molar-refractivity contribution < 1.29 is 9.47 Å². The lowest BCUT2D eigenvalue weighted by Crippen LogP contribution is -2.38. The second-order valence-corrected chi connectivity index (χ2v) is 4.66. The van der Waals surface area contributed by atoms with Gasteiger partial charge in [0.1, 0.15) is 5.60 Å². The van der Waals surface area contributed by atoms with Crippen LogP contribution in [-0.4, -0.2) is 24.4 Å². The quantitative estimate of drug-likeness (QED) is 0.580. The first-order valence-electron chi connectivity index (χ1n) is 5.71. The minimum absolute atomic E-state index is 0.193. The predicted octanol–water partition coefficient (Wildman–Crippen LogP) is 2.27. The van der Waals surface area contributed by atoms with Gasteiger partial charge in [-0.3, -0.25) is 0 Å². The van der Waals surface area contributed by atoms with Crippen LogP contribution in [0.2, 0.25) is 0 Å². The van der Waals surface area contributed by atoms with Gasteiger partial charge in [0, 0.05) is 6.61 Å². The van der Waals surface area contributed by atoms with Crippen LogP contribution in [0, 0.1) is 0 Å². The molecule has 2 nitrogen and oxygen atoms in total. The summed E-state index contributed by atoms with van der Waals surface area (Å²) < 4.78 is 11.7. The van der Waals surface area contributed by atoms with Crippen LogP contribution < -0.4 is 0 Å². The van der Waals surface area contributed by atoms with Crippen molar-refractivity contribution in [1.82, 2.24) is 0 Å². The smallest absolute Gasteiger partial charge is 0.121 e. The summed E-state index contributed by atoms with van der Waals surface area (Å²) in [4.78, 5) is 0. The third-order valence-corrected chi connectivity index (χ3v) is 3.86. The fraction of sp³-hybridized carbons (Fsp3) is 1.00. The molecule has 2 heterocycles. The fourth-order valence-corrected chi connectivity index (χ4v) is 3.06. The normalized spacial score (nSPS) is 49.8. The van der Waals surface area contributed by atoms with E-state index >= 15 is 0 Å². The molecule has 3 fully saturated rings. The van der Waals surface area contributed by atoms with Crippen LogP contribution in [0.4, 0.5) is 0 Å². The van der Waals surface area contributed by atoms with E-state index in [1.54, 1.807) is 0 Å². The van der Waals surface area contributed by atoms with Gasteiger partial charge >= 0.3 is 0 Å². The van der Waals surface area contributed by atoms with E-state index in [2.05, 4.69) is 0 Å². The van der Waals surface area contributed by atoms with Crippen LogP contribution in [0.1, 0.15) is 44.9 Å². The lowest BCUT2D eigenvalue weighted by molar-refractivity contribution is -0.0380. The molecule has 0 bridgehead atoms. The van der Waals surface area contributed by atoms with Gasteiger partial charge in [-0.05, 0) is 32.1 Å². The summed E-state index contributed by atoms with van der Waals surface area (Å²) in [6.45, 7) is 0.961. The van der Waals surface area contributed by atoms with Crippen molar-refractivity contribution in [3.05, 3.63) is 0 Å². The van der Waals surface area contributed by atoms with Crippen LogP contribution in [0.3, 0.4) is 0 Å². The van der Waals surface area contributed by atoms with Crippen molar-refractivity contribution in [3.8, 4) is 0 Å². The Kier molecular flexibility index (Phi) is 1.88. The standard InChI is InChI=1S/C11H18O2/c1-3-7-11(10(6-1)13-11)9-5-2-4-8-12-9/h9-10H,1-8H2. The third-order valence-electron chi connectivity index (χ3n) is 3.86. The molecule has 74 valence electrons. The number of hydrogen-bond acceptors (Lipinski definition) is 2. The first kappa shape index (κ1) is 8.25. The maximum Gasteiger partial charge on any atom is 0.121 e. The zero-order valence-electron chi connectivity index (χ0n) is 8.13. The van der Waals surface area contributed by atoms with Gasteiger partial charge in [-0.15, -0.1) is 0 Å². The molecular formula is C11H18O2. The summed E-state index contributed by atoms with van der Waals surface area (Å²) in [6.07, 6.45) is 10.0. The molecule has 0 N–H and O–H groups in total. The van der Waals surface area contributed by atoms with Crippen LogP contribution in [0.15, 0.2) is 0 Å². The Labute approximate surface area is 79.6 Å². The maximum absolute atomic E-state index is 5.88. The average molecular weight is 182 g/mol. The topological polar surface area (TPSA) is 21.8 Å². The zero-order chi connectivity index (χ0) is 8.73. The van der Waals surface area contributed by atoms with Crippen molar-refractivity contribution in [2.24, 2.45) is 0 Å². The molecular weight excluding hydrogens is 164 g/mol. The third kappa shape index (κ3) is 1.23. The van der Waals surface area contributed by atoms with Crippen LogP contribution in [0.25, 0.3) is 0 Å². The van der Waals surface area contributed by atoms with Gasteiger partial charge in [-0.1, -0.05) is 12.8 Å². The van der Waals surface area contributed by atoms with E-state index in [0.29, 0.717) is 12.2 Å². The van der Waals surface area contributed by atoms with E-state index in [4.69, 9.17) is 9.47 Å². The molecule has 0 aromatic rings. The molecule has 3 aliphatic rings. The molecule has 2 aliphatic heterocycles.